The van der Waals surface area contributed by atoms with E-state index in [-0.39, 0.29) is 29.6 Å². The molecule has 4 aromatic rings. The molecule has 0 bridgehead atoms. The summed E-state index contributed by atoms with van der Waals surface area (Å²) in [4.78, 5) is 8.88. The smallest absolute Gasteiger partial charge is 0.220 e. The topological polar surface area (TPSA) is 116 Å². The number of benzene rings is 1. The Hall–Kier alpha value is -3.64. The lowest BCUT2D eigenvalue weighted by Crippen LogP contribution is -2.21. The van der Waals surface area contributed by atoms with Crippen molar-refractivity contribution < 1.29 is 17.2 Å². The Morgan fingerprint density at radius 1 is 1.06 bits per heavy atom. The average Bonchev–Trinajstić information content (AvgIpc) is 3.31. The van der Waals surface area contributed by atoms with Gasteiger partial charge in [0.05, 0.1) is 41.1 Å². The predicted octanol–water partition coefficient (Wildman–Crippen LogP) is 3.72. The molecule has 1 atom stereocenters. The van der Waals surface area contributed by atoms with Crippen LogP contribution in [-0.2, 0) is 16.6 Å². The number of hydrogen-bond donors (Lipinski definition) is 1. The molecule has 1 aromatic carbocycles. The zero-order valence-electron chi connectivity index (χ0n) is 20.1. The van der Waals surface area contributed by atoms with Gasteiger partial charge in [-0.15, -0.1) is 0 Å². The fraction of sp³-hybridized carbons (Fsp3) is 0.292. The van der Waals surface area contributed by atoms with Crippen LogP contribution in [0.15, 0.2) is 48.8 Å². The van der Waals surface area contributed by atoms with Crippen molar-refractivity contribution in [1.82, 2.24) is 34.7 Å². The molecule has 0 spiro atoms. The first-order valence-electron chi connectivity index (χ1n) is 11.2. The highest BCUT2D eigenvalue weighted by molar-refractivity contribution is 7.88. The van der Waals surface area contributed by atoms with Crippen molar-refractivity contribution in [2.45, 2.75) is 39.2 Å². The molecule has 1 N–H and O–H groups in total. The molecule has 12 heteroatoms. The van der Waals surface area contributed by atoms with E-state index in [0.29, 0.717) is 23.0 Å². The van der Waals surface area contributed by atoms with Gasteiger partial charge in [0.1, 0.15) is 11.6 Å². The highest BCUT2D eigenvalue weighted by Crippen LogP contribution is 2.32. The van der Waals surface area contributed by atoms with E-state index in [1.807, 2.05) is 20.8 Å². The lowest BCUT2D eigenvalue weighted by Gasteiger charge is -2.18. The maximum Gasteiger partial charge on any atom is 0.250 e. The van der Waals surface area contributed by atoms with Crippen LogP contribution in [0.5, 0.6) is 0 Å². The van der Waals surface area contributed by atoms with E-state index in [4.69, 9.17) is 0 Å². The van der Waals surface area contributed by atoms with E-state index in [9.17, 15) is 17.2 Å². The van der Waals surface area contributed by atoms with Gasteiger partial charge in [-0.25, -0.2) is 36.6 Å². The summed E-state index contributed by atoms with van der Waals surface area (Å²) in [5.41, 5.74) is 2.49. The Kier molecular flexibility index (Phi) is 7.18. The molecule has 4 rings (SSSR count). The molecule has 1 unspecified atom stereocenters. The van der Waals surface area contributed by atoms with Crippen LogP contribution in [0.1, 0.15) is 55.3 Å². The lowest BCUT2D eigenvalue weighted by molar-refractivity contribution is 0.585. The van der Waals surface area contributed by atoms with Crippen molar-refractivity contribution in [2.75, 3.05) is 6.26 Å². The molecule has 0 aliphatic heterocycles. The molecule has 0 saturated heterocycles. The first kappa shape index (κ1) is 25.5. The van der Waals surface area contributed by atoms with Crippen molar-refractivity contribution in [3.63, 3.8) is 0 Å². The average molecular weight is 514 g/mol. The van der Waals surface area contributed by atoms with Crippen molar-refractivity contribution in [1.29, 1.82) is 0 Å². The van der Waals surface area contributed by atoms with Crippen LogP contribution >= 0.6 is 0 Å². The fourth-order valence-electron chi connectivity index (χ4n) is 3.71. The normalized spacial score (nSPS) is 12.8. The van der Waals surface area contributed by atoms with E-state index in [2.05, 4.69) is 30.0 Å². The molecule has 0 saturated carbocycles. The standard InChI is InChI=1S/C24H25F2N7O2S/c1-14(2)17-12-21(22-18(25)6-5-7-19(22)26)30-31-23(17)15(3)20-8-10-27-24(29-20)33-11-9-16(32-33)13-28-36(4,34)35/h5-12,14-15,28H,13H2,1-4H3. The molecule has 0 fully saturated rings. The Labute approximate surface area is 207 Å². The molecule has 3 heterocycles. The fourth-order valence-corrected chi connectivity index (χ4v) is 4.12. The molecule has 188 valence electrons. The molecular weight excluding hydrogens is 488 g/mol. The largest absolute Gasteiger partial charge is 0.250 e. The number of hydrogen-bond acceptors (Lipinski definition) is 7. The van der Waals surface area contributed by atoms with Crippen molar-refractivity contribution >= 4 is 10.0 Å². The molecule has 0 aliphatic rings. The van der Waals surface area contributed by atoms with Gasteiger partial charge in [-0.1, -0.05) is 26.8 Å². The molecular formula is C24H25F2N7O2S. The van der Waals surface area contributed by atoms with Crippen molar-refractivity contribution in [3.8, 4) is 17.2 Å². The van der Waals surface area contributed by atoms with Crippen molar-refractivity contribution in [3.05, 3.63) is 83.1 Å². The van der Waals surface area contributed by atoms with Gasteiger partial charge in [-0.2, -0.15) is 15.3 Å². The summed E-state index contributed by atoms with van der Waals surface area (Å²) < 4.78 is 55.2. The van der Waals surface area contributed by atoms with Gasteiger partial charge in [0.2, 0.25) is 10.0 Å². The Morgan fingerprint density at radius 2 is 1.78 bits per heavy atom. The number of halogens is 2. The van der Waals surface area contributed by atoms with E-state index in [1.165, 1.54) is 22.9 Å². The third-order valence-electron chi connectivity index (χ3n) is 5.58. The molecule has 36 heavy (non-hydrogen) atoms. The molecule has 0 radical (unpaired) electrons. The quantitative estimate of drug-likeness (QED) is 0.382. The highest BCUT2D eigenvalue weighted by Gasteiger charge is 2.22. The van der Waals surface area contributed by atoms with Gasteiger partial charge in [0, 0.05) is 18.3 Å². The van der Waals surface area contributed by atoms with Crippen LogP contribution in [0.4, 0.5) is 8.78 Å². The molecule has 9 nitrogen and oxygen atoms in total. The predicted molar refractivity (Wildman–Crippen MR) is 130 cm³/mol. The summed E-state index contributed by atoms with van der Waals surface area (Å²) in [6, 6.07) is 8.76. The van der Waals surface area contributed by atoms with E-state index >= 15 is 0 Å². The number of aromatic nitrogens is 6. The maximum atomic E-state index is 14.3. The van der Waals surface area contributed by atoms with Gasteiger partial charge in [-0.05, 0) is 41.8 Å². The van der Waals surface area contributed by atoms with Gasteiger partial charge in [0.25, 0.3) is 5.95 Å². The van der Waals surface area contributed by atoms with E-state index in [1.54, 1.807) is 30.6 Å². The summed E-state index contributed by atoms with van der Waals surface area (Å²) in [5, 5.41) is 12.8. The molecule has 0 aliphatic carbocycles. The number of sulfonamides is 1. The second-order valence-corrected chi connectivity index (χ2v) is 10.5. The SMILES string of the molecule is CC(C)c1cc(-c2c(F)cccc2F)nnc1C(C)c1ccnc(-n2ccc(CNS(C)(=O)=O)n2)n1. The minimum atomic E-state index is -3.35. The Balaban J connectivity index is 1.66. The van der Waals surface area contributed by atoms with Crippen LogP contribution in [0, 0.1) is 11.6 Å². The van der Waals surface area contributed by atoms with Crippen LogP contribution in [-0.4, -0.2) is 44.6 Å². The van der Waals surface area contributed by atoms with Gasteiger partial charge in [0.15, 0.2) is 0 Å². The number of nitrogens with one attached hydrogen (secondary N) is 1. The van der Waals surface area contributed by atoms with Crippen LogP contribution < -0.4 is 4.72 Å². The number of rotatable bonds is 8. The highest BCUT2D eigenvalue weighted by atomic mass is 32.2. The Bertz CT molecular complexity index is 1490. The summed E-state index contributed by atoms with van der Waals surface area (Å²) in [7, 11) is -3.35. The first-order chi connectivity index (χ1) is 17.0. The van der Waals surface area contributed by atoms with Crippen LogP contribution in [0.2, 0.25) is 0 Å². The monoisotopic (exact) mass is 513 g/mol. The second-order valence-electron chi connectivity index (χ2n) is 8.67. The summed E-state index contributed by atoms with van der Waals surface area (Å²) in [6.07, 6.45) is 4.31. The minimum absolute atomic E-state index is 0.00357. The van der Waals surface area contributed by atoms with E-state index < -0.39 is 21.7 Å². The zero-order chi connectivity index (χ0) is 26.0. The molecule has 0 amide bonds. The lowest BCUT2D eigenvalue weighted by atomic mass is 9.92. The number of nitrogens with zero attached hydrogens (tertiary/aromatic N) is 6. The van der Waals surface area contributed by atoms with Gasteiger partial charge in [-0.3, -0.25) is 0 Å². The molecule has 3 aromatic heterocycles. The Morgan fingerprint density at radius 3 is 2.44 bits per heavy atom. The third kappa shape index (κ3) is 5.60. The maximum absolute atomic E-state index is 14.3. The summed E-state index contributed by atoms with van der Waals surface area (Å²) in [5.74, 6) is -1.41. The third-order valence-corrected chi connectivity index (χ3v) is 6.25. The van der Waals surface area contributed by atoms with Gasteiger partial charge >= 0.3 is 0 Å². The summed E-state index contributed by atoms with van der Waals surface area (Å²) in [6.45, 7) is 5.89. The van der Waals surface area contributed by atoms with E-state index in [0.717, 1.165) is 11.8 Å². The first-order valence-corrected chi connectivity index (χ1v) is 13.1. The van der Waals surface area contributed by atoms with Gasteiger partial charge < -0.3 is 0 Å². The van der Waals surface area contributed by atoms with Crippen molar-refractivity contribution in [2.24, 2.45) is 0 Å². The zero-order valence-corrected chi connectivity index (χ0v) is 21.0. The van der Waals surface area contributed by atoms with Crippen LogP contribution in [0.25, 0.3) is 17.2 Å². The van der Waals surface area contributed by atoms with Crippen LogP contribution in [0.3, 0.4) is 0 Å². The minimum Gasteiger partial charge on any atom is -0.220 e. The summed E-state index contributed by atoms with van der Waals surface area (Å²) >= 11 is 0. The second kappa shape index (κ2) is 10.2.